The zero-order chi connectivity index (χ0) is 12.3. The molecule has 1 aromatic rings. The van der Waals surface area contributed by atoms with Crippen molar-refractivity contribution in [3.63, 3.8) is 0 Å². The van der Waals surface area contributed by atoms with Gasteiger partial charge in [0.25, 0.3) is 0 Å². The molecule has 1 aromatic heterocycles. The Kier molecular flexibility index (Phi) is 3.89. The SMILES string of the molecule is CCOC(=O)C(N)c1c(C)nn(C)c1OC. The van der Waals surface area contributed by atoms with Crippen LogP contribution in [0.3, 0.4) is 0 Å². The van der Waals surface area contributed by atoms with Crippen LogP contribution in [0.4, 0.5) is 0 Å². The lowest BCUT2D eigenvalue weighted by Gasteiger charge is -2.11. The van der Waals surface area contributed by atoms with E-state index >= 15 is 0 Å². The van der Waals surface area contributed by atoms with Crippen molar-refractivity contribution < 1.29 is 14.3 Å². The summed E-state index contributed by atoms with van der Waals surface area (Å²) in [5.41, 5.74) is 7.05. The topological polar surface area (TPSA) is 79.4 Å². The number of hydrogen-bond donors (Lipinski definition) is 1. The lowest BCUT2D eigenvalue weighted by molar-refractivity contribution is -0.144. The number of carbonyl (C=O) groups excluding carboxylic acids is 1. The zero-order valence-corrected chi connectivity index (χ0v) is 9.98. The molecule has 0 saturated heterocycles. The highest BCUT2D eigenvalue weighted by Crippen LogP contribution is 2.27. The lowest BCUT2D eigenvalue weighted by Crippen LogP contribution is -2.24. The summed E-state index contributed by atoms with van der Waals surface area (Å²) in [6.45, 7) is 3.81. The van der Waals surface area contributed by atoms with E-state index in [0.717, 1.165) is 0 Å². The molecule has 0 aromatic carbocycles. The number of aryl methyl sites for hydroxylation is 2. The fraction of sp³-hybridized carbons (Fsp3) is 0.600. The maximum atomic E-state index is 11.5. The maximum Gasteiger partial charge on any atom is 0.327 e. The van der Waals surface area contributed by atoms with Crippen LogP contribution in [0.2, 0.25) is 0 Å². The number of esters is 1. The Hall–Kier alpha value is -1.56. The van der Waals surface area contributed by atoms with Gasteiger partial charge in [0.1, 0.15) is 6.04 Å². The van der Waals surface area contributed by atoms with Gasteiger partial charge in [0, 0.05) is 7.05 Å². The molecule has 1 heterocycles. The summed E-state index contributed by atoms with van der Waals surface area (Å²) in [5, 5.41) is 4.15. The minimum Gasteiger partial charge on any atom is -0.481 e. The van der Waals surface area contributed by atoms with E-state index in [1.54, 1.807) is 25.6 Å². The number of carbonyl (C=O) groups is 1. The second-order valence-electron chi connectivity index (χ2n) is 3.36. The number of aromatic nitrogens is 2. The number of hydrogen-bond acceptors (Lipinski definition) is 5. The Bertz CT molecular complexity index is 387. The first-order chi connectivity index (χ1) is 7.52. The average Bonchev–Trinajstić information content (AvgIpc) is 2.52. The third-order valence-corrected chi connectivity index (χ3v) is 2.26. The van der Waals surface area contributed by atoms with Crippen molar-refractivity contribution in [2.75, 3.05) is 13.7 Å². The number of methoxy groups -OCH3 is 1. The van der Waals surface area contributed by atoms with Gasteiger partial charge in [0.05, 0.1) is 25.0 Å². The van der Waals surface area contributed by atoms with Gasteiger partial charge < -0.3 is 15.2 Å². The first-order valence-corrected chi connectivity index (χ1v) is 5.02. The Balaban J connectivity index is 3.07. The highest BCUT2D eigenvalue weighted by Gasteiger charge is 2.26. The number of nitrogens with two attached hydrogens (primary N) is 1. The molecule has 6 heteroatoms. The van der Waals surface area contributed by atoms with Crippen LogP contribution >= 0.6 is 0 Å². The molecule has 0 spiro atoms. The quantitative estimate of drug-likeness (QED) is 0.748. The van der Waals surface area contributed by atoms with Crippen molar-refractivity contribution >= 4 is 5.97 Å². The molecule has 0 aliphatic heterocycles. The summed E-state index contributed by atoms with van der Waals surface area (Å²) in [6.07, 6.45) is 0. The van der Waals surface area contributed by atoms with Gasteiger partial charge in [-0.2, -0.15) is 5.10 Å². The molecule has 0 radical (unpaired) electrons. The predicted octanol–water partition coefficient (Wildman–Crippen LogP) is 0.300. The number of rotatable bonds is 4. The standard InChI is InChI=1S/C10H17N3O3/c1-5-16-10(14)8(11)7-6(2)12-13(3)9(7)15-4/h8H,5,11H2,1-4H3. The Labute approximate surface area is 94.3 Å². The molecule has 16 heavy (non-hydrogen) atoms. The summed E-state index contributed by atoms with van der Waals surface area (Å²) in [4.78, 5) is 11.5. The predicted molar refractivity (Wildman–Crippen MR) is 58.1 cm³/mol. The van der Waals surface area contributed by atoms with Crippen LogP contribution in [-0.4, -0.2) is 29.5 Å². The number of ether oxygens (including phenoxy) is 2. The summed E-state index contributed by atoms with van der Waals surface area (Å²) in [7, 11) is 3.24. The van der Waals surface area contributed by atoms with E-state index in [0.29, 0.717) is 23.7 Å². The number of nitrogens with zero attached hydrogens (tertiary/aromatic N) is 2. The molecular weight excluding hydrogens is 210 g/mol. The summed E-state index contributed by atoms with van der Waals surface area (Å²) >= 11 is 0. The van der Waals surface area contributed by atoms with Crippen molar-refractivity contribution in [2.45, 2.75) is 19.9 Å². The molecule has 0 aliphatic rings. The maximum absolute atomic E-state index is 11.5. The van der Waals surface area contributed by atoms with Crippen LogP contribution in [0.1, 0.15) is 24.2 Å². The van der Waals surface area contributed by atoms with Gasteiger partial charge in [-0.25, -0.2) is 9.48 Å². The van der Waals surface area contributed by atoms with Gasteiger partial charge in [-0.1, -0.05) is 0 Å². The summed E-state index contributed by atoms with van der Waals surface area (Å²) < 4.78 is 11.6. The second kappa shape index (κ2) is 4.98. The van der Waals surface area contributed by atoms with E-state index in [2.05, 4.69) is 5.10 Å². The molecular formula is C10H17N3O3. The van der Waals surface area contributed by atoms with Crippen LogP contribution < -0.4 is 10.5 Å². The van der Waals surface area contributed by atoms with E-state index in [1.165, 1.54) is 7.11 Å². The molecule has 0 amide bonds. The molecule has 0 bridgehead atoms. The molecule has 1 rings (SSSR count). The van der Waals surface area contributed by atoms with Gasteiger partial charge in [-0.05, 0) is 13.8 Å². The van der Waals surface area contributed by atoms with Crippen LogP contribution in [-0.2, 0) is 16.6 Å². The van der Waals surface area contributed by atoms with E-state index in [-0.39, 0.29) is 0 Å². The largest absolute Gasteiger partial charge is 0.481 e. The molecule has 0 saturated carbocycles. The first-order valence-electron chi connectivity index (χ1n) is 5.02. The van der Waals surface area contributed by atoms with Crippen molar-refractivity contribution in [3.8, 4) is 5.88 Å². The van der Waals surface area contributed by atoms with Crippen molar-refractivity contribution in [2.24, 2.45) is 12.8 Å². The minimum atomic E-state index is -0.858. The third kappa shape index (κ3) is 2.16. The third-order valence-electron chi connectivity index (χ3n) is 2.26. The summed E-state index contributed by atoms with van der Waals surface area (Å²) in [5.74, 6) is 0.00922. The first kappa shape index (κ1) is 12.5. The summed E-state index contributed by atoms with van der Waals surface area (Å²) in [6, 6.07) is -0.858. The monoisotopic (exact) mass is 227 g/mol. The molecule has 6 nitrogen and oxygen atoms in total. The Morgan fingerprint density at radius 3 is 2.75 bits per heavy atom. The average molecular weight is 227 g/mol. The van der Waals surface area contributed by atoms with Crippen LogP contribution in [0.15, 0.2) is 0 Å². The molecule has 90 valence electrons. The zero-order valence-electron chi connectivity index (χ0n) is 9.98. The molecule has 1 atom stereocenters. The second-order valence-corrected chi connectivity index (χ2v) is 3.36. The van der Waals surface area contributed by atoms with E-state index in [9.17, 15) is 4.79 Å². The fourth-order valence-electron chi connectivity index (χ4n) is 1.60. The Morgan fingerprint density at radius 1 is 1.62 bits per heavy atom. The van der Waals surface area contributed by atoms with Gasteiger partial charge in [-0.15, -0.1) is 0 Å². The normalized spacial score (nSPS) is 12.3. The van der Waals surface area contributed by atoms with Gasteiger partial charge in [0.15, 0.2) is 0 Å². The van der Waals surface area contributed by atoms with E-state index < -0.39 is 12.0 Å². The van der Waals surface area contributed by atoms with Crippen molar-refractivity contribution in [1.29, 1.82) is 0 Å². The van der Waals surface area contributed by atoms with Gasteiger partial charge >= 0.3 is 5.97 Å². The van der Waals surface area contributed by atoms with Crippen molar-refractivity contribution in [3.05, 3.63) is 11.3 Å². The van der Waals surface area contributed by atoms with Crippen LogP contribution in [0, 0.1) is 6.92 Å². The van der Waals surface area contributed by atoms with E-state index in [1.807, 2.05) is 0 Å². The fourth-order valence-corrected chi connectivity index (χ4v) is 1.60. The Morgan fingerprint density at radius 2 is 2.25 bits per heavy atom. The molecule has 2 N–H and O–H groups in total. The molecule has 0 fully saturated rings. The van der Waals surface area contributed by atoms with Crippen molar-refractivity contribution in [1.82, 2.24) is 9.78 Å². The van der Waals surface area contributed by atoms with E-state index in [4.69, 9.17) is 15.2 Å². The van der Waals surface area contributed by atoms with Gasteiger partial charge in [0.2, 0.25) is 5.88 Å². The minimum absolute atomic E-state index is 0.300. The van der Waals surface area contributed by atoms with Gasteiger partial charge in [-0.3, -0.25) is 0 Å². The lowest BCUT2D eigenvalue weighted by atomic mass is 10.1. The molecule has 0 aliphatic carbocycles. The smallest absolute Gasteiger partial charge is 0.327 e. The van der Waals surface area contributed by atoms with Crippen LogP contribution in [0.25, 0.3) is 0 Å². The molecule has 1 unspecified atom stereocenters. The van der Waals surface area contributed by atoms with Crippen LogP contribution in [0.5, 0.6) is 5.88 Å². The highest BCUT2D eigenvalue weighted by molar-refractivity contribution is 5.78. The highest BCUT2D eigenvalue weighted by atomic mass is 16.5.